The highest BCUT2D eigenvalue weighted by molar-refractivity contribution is 6.00. The summed E-state index contributed by atoms with van der Waals surface area (Å²) < 4.78 is 8.79. The molecule has 3 atom stereocenters. The van der Waals surface area contributed by atoms with Gasteiger partial charge in [-0.15, -0.1) is 0 Å². The molecule has 2 aliphatic carbocycles. The number of carbonyl (C=O) groups excluding carboxylic acids is 1. The number of amides is 2. The van der Waals surface area contributed by atoms with Gasteiger partial charge in [0.25, 0.3) is 5.91 Å². The highest BCUT2D eigenvalue weighted by atomic mass is 16.4. The molecule has 4 aromatic rings. The summed E-state index contributed by atoms with van der Waals surface area (Å²) in [6.07, 6.45) is 5.18. The van der Waals surface area contributed by atoms with Crippen molar-refractivity contribution >= 4 is 34.0 Å². The van der Waals surface area contributed by atoms with E-state index in [4.69, 9.17) is 4.42 Å². The standard InChI is InChI=1S/C32H36N4O4/c1-18-23-11-9-21(30(37)35-17-22-10-12-24(35)27(22)36(31(38)39)32(2,3)4)15-26(23)40-28(18)25-14-20-6-5-13-33-29(20)34(25)16-19-7-8-19/h5-6,9,11,13-15,19,22,24,27H,7-8,10,12,16-17H2,1-4H3,(H,38,39)/t22?,24?,27-/m1/s1. The second kappa shape index (κ2) is 8.85. The van der Waals surface area contributed by atoms with E-state index >= 15 is 0 Å². The molecule has 4 heterocycles. The summed E-state index contributed by atoms with van der Waals surface area (Å²) in [5.41, 5.74) is 3.79. The molecule has 1 aromatic carbocycles. The highest BCUT2D eigenvalue weighted by Gasteiger charge is 2.54. The zero-order valence-electron chi connectivity index (χ0n) is 23.6. The number of nitrogens with zero attached hydrogens (tertiary/aromatic N) is 4. The van der Waals surface area contributed by atoms with Crippen LogP contribution in [0.2, 0.25) is 0 Å². The van der Waals surface area contributed by atoms with Crippen molar-refractivity contribution in [2.45, 2.75) is 77.5 Å². The minimum atomic E-state index is -0.919. The van der Waals surface area contributed by atoms with Crippen LogP contribution in [0.1, 0.15) is 62.4 Å². The largest absolute Gasteiger partial charge is 0.465 e. The maximum absolute atomic E-state index is 13.8. The molecule has 40 heavy (non-hydrogen) atoms. The first-order valence-electron chi connectivity index (χ1n) is 14.4. The quantitative estimate of drug-likeness (QED) is 0.310. The molecule has 1 aliphatic heterocycles. The molecular formula is C32H36N4O4. The molecule has 1 N–H and O–H groups in total. The van der Waals surface area contributed by atoms with Gasteiger partial charge in [0.1, 0.15) is 11.2 Å². The number of carboxylic acid groups (broad SMARTS) is 1. The fourth-order valence-corrected chi connectivity index (χ4v) is 7.23. The Hall–Kier alpha value is -3.81. The number of carbonyl (C=O) groups is 2. The third kappa shape index (κ3) is 3.91. The van der Waals surface area contributed by atoms with Gasteiger partial charge in [-0.25, -0.2) is 9.78 Å². The van der Waals surface area contributed by atoms with Crippen LogP contribution in [-0.4, -0.2) is 60.6 Å². The summed E-state index contributed by atoms with van der Waals surface area (Å²) in [6.45, 7) is 9.37. The van der Waals surface area contributed by atoms with E-state index in [1.165, 1.54) is 12.8 Å². The Kier molecular flexibility index (Phi) is 5.57. The predicted octanol–water partition coefficient (Wildman–Crippen LogP) is 6.55. The number of furan rings is 1. The molecule has 1 saturated heterocycles. The zero-order valence-corrected chi connectivity index (χ0v) is 23.6. The number of aromatic nitrogens is 2. The minimum absolute atomic E-state index is 0.0546. The van der Waals surface area contributed by atoms with E-state index in [-0.39, 0.29) is 23.9 Å². The summed E-state index contributed by atoms with van der Waals surface area (Å²) >= 11 is 0. The lowest BCUT2D eigenvalue weighted by Gasteiger charge is -2.40. The van der Waals surface area contributed by atoms with Crippen molar-refractivity contribution in [1.82, 2.24) is 19.4 Å². The average molecular weight is 541 g/mol. The molecule has 2 bridgehead atoms. The number of hydrogen-bond donors (Lipinski definition) is 1. The normalized spacial score (nSPS) is 22.5. The monoisotopic (exact) mass is 540 g/mol. The van der Waals surface area contributed by atoms with Crippen molar-refractivity contribution in [3.63, 3.8) is 0 Å². The van der Waals surface area contributed by atoms with Gasteiger partial charge < -0.3 is 19.0 Å². The van der Waals surface area contributed by atoms with E-state index in [1.54, 1.807) is 4.90 Å². The smallest absolute Gasteiger partial charge is 0.408 e. The Bertz CT molecular complexity index is 1660. The lowest BCUT2D eigenvalue weighted by atomic mass is 9.98. The molecule has 2 amide bonds. The van der Waals surface area contributed by atoms with Crippen molar-refractivity contribution in [2.24, 2.45) is 11.8 Å². The molecule has 208 valence electrons. The van der Waals surface area contributed by atoms with Gasteiger partial charge in [-0.1, -0.05) is 6.07 Å². The maximum Gasteiger partial charge on any atom is 0.408 e. The number of benzene rings is 1. The van der Waals surface area contributed by atoms with E-state index in [0.717, 1.165) is 52.8 Å². The molecule has 8 nitrogen and oxygen atoms in total. The molecule has 3 fully saturated rings. The van der Waals surface area contributed by atoms with Gasteiger partial charge in [-0.2, -0.15) is 0 Å². The Balaban J connectivity index is 1.22. The van der Waals surface area contributed by atoms with Crippen molar-refractivity contribution in [3.8, 4) is 11.5 Å². The molecule has 0 spiro atoms. The van der Waals surface area contributed by atoms with Gasteiger partial charge >= 0.3 is 6.09 Å². The van der Waals surface area contributed by atoms with Gasteiger partial charge in [0.05, 0.1) is 17.8 Å². The molecule has 3 aliphatic rings. The van der Waals surface area contributed by atoms with Crippen molar-refractivity contribution in [3.05, 3.63) is 53.7 Å². The second-order valence-electron chi connectivity index (χ2n) is 12.9. The summed E-state index contributed by atoms with van der Waals surface area (Å²) in [4.78, 5) is 34.2. The Morgan fingerprint density at radius 3 is 2.65 bits per heavy atom. The van der Waals surface area contributed by atoms with Gasteiger partial charge in [0.15, 0.2) is 5.76 Å². The molecule has 3 aromatic heterocycles. The van der Waals surface area contributed by atoms with Crippen molar-refractivity contribution in [1.29, 1.82) is 0 Å². The number of hydrogen-bond acceptors (Lipinski definition) is 4. The average Bonchev–Trinajstić information content (AvgIpc) is 3.24. The minimum Gasteiger partial charge on any atom is -0.465 e. The van der Waals surface area contributed by atoms with E-state index in [9.17, 15) is 14.7 Å². The van der Waals surface area contributed by atoms with E-state index in [1.807, 2.05) is 56.1 Å². The van der Waals surface area contributed by atoms with Crippen LogP contribution in [0.15, 0.2) is 47.0 Å². The summed E-state index contributed by atoms with van der Waals surface area (Å²) in [7, 11) is 0. The van der Waals surface area contributed by atoms with Gasteiger partial charge in [-0.05, 0) is 95.5 Å². The molecule has 2 saturated carbocycles. The van der Waals surface area contributed by atoms with E-state index in [2.05, 4.69) is 28.6 Å². The third-order valence-corrected chi connectivity index (χ3v) is 9.24. The lowest BCUT2D eigenvalue weighted by Crippen LogP contribution is -2.55. The number of rotatable bonds is 5. The van der Waals surface area contributed by atoms with Crippen molar-refractivity contribution in [2.75, 3.05) is 6.54 Å². The third-order valence-electron chi connectivity index (χ3n) is 9.24. The first kappa shape index (κ1) is 25.2. The van der Waals surface area contributed by atoms with Gasteiger partial charge in [0.2, 0.25) is 0 Å². The van der Waals surface area contributed by atoms with E-state index < -0.39 is 11.6 Å². The van der Waals surface area contributed by atoms with E-state index in [0.29, 0.717) is 23.6 Å². The van der Waals surface area contributed by atoms with Crippen LogP contribution in [-0.2, 0) is 6.54 Å². The molecule has 7 rings (SSSR count). The van der Waals surface area contributed by atoms with Crippen LogP contribution in [0.5, 0.6) is 0 Å². The van der Waals surface area contributed by atoms with Crippen LogP contribution < -0.4 is 0 Å². The first-order chi connectivity index (χ1) is 19.1. The van der Waals surface area contributed by atoms with Crippen molar-refractivity contribution < 1.29 is 19.1 Å². The Morgan fingerprint density at radius 2 is 1.93 bits per heavy atom. The lowest BCUT2D eigenvalue weighted by molar-refractivity contribution is 0.0503. The number of piperidine rings is 1. The highest BCUT2D eigenvalue weighted by Crippen LogP contribution is 2.44. The summed E-state index contributed by atoms with van der Waals surface area (Å²) in [5.74, 6) is 1.61. The number of fused-ring (bicyclic) bond motifs is 4. The molecule has 8 heteroatoms. The Morgan fingerprint density at radius 1 is 1.12 bits per heavy atom. The second-order valence-corrected chi connectivity index (χ2v) is 12.9. The predicted molar refractivity (Wildman–Crippen MR) is 153 cm³/mol. The van der Waals surface area contributed by atoms with Crippen LogP contribution in [0.25, 0.3) is 33.5 Å². The SMILES string of the molecule is Cc1c(-c2cc3cccnc3n2CC2CC2)oc2cc(C(=O)N3CC4CCC3[C@@H]4N(C(=O)O)C(C)(C)C)ccc12. The van der Waals surface area contributed by atoms with Crippen LogP contribution in [0, 0.1) is 18.8 Å². The van der Waals surface area contributed by atoms with Crippen LogP contribution in [0.3, 0.4) is 0 Å². The molecule has 2 unspecified atom stereocenters. The fourth-order valence-electron chi connectivity index (χ4n) is 7.23. The fraction of sp³-hybridized carbons (Fsp3) is 0.469. The number of aryl methyl sites for hydroxylation is 1. The zero-order chi connectivity index (χ0) is 27.9. The molecular weight excluding hydrogens is 504 g/mol. The van der Waals surface area contributed by atoms with Crippen LogP contribution in [0.4, 0.5) is 4.79 Å². The van der Waals surface area contributed by atoms with Gasteiger partial charge in [0, 0.05) is 46.7 Å². The Labute approximate surface area is 233 Å². The first-order valence-corrected chi connectivity index (χ1v) is 14.4. The summed E-state index contributed by atoms with van der Waals surface area (Å²) in [5, 5.41) is 12.1. The number of pyridine rings is 1. The van der Waals surface area contributed by atoms with Gasteiger partial charge in [-0.3, -0.25) is 9.69 Å². The topological polar surface area (TPSA) is 91.8 Å². The maximum atomic E-state index is 13.8. The summed E-state index contributed by atoms with van der Waals surface area (Å²) in [6, 6.07) is 11.7. The van der Waals surface area contributed by atoms with Crippen LogP contribution >= 0.6 is 0 Å². The number of likely N-dealkylation sites (tertiary alicyclic amines) is 1. The molecule has 0 radical (unpaired) electrons.